The molecule has 0 saturated heterocycles. The molecule has 0 aromatic heterocycles. The van der Waals surface area contributed by atoms with E-state index in [4.69, 9.17) is 4.74 Å². The lowest BCUT2D eigenvalue weighted by molar-refractivity contribution is 0.101. The van der Waals surface area contributed by atoms with Crippen LogP contribution in [0.3, 0.4) is 0 Å². The van der Waals surface area contributed by atoms with Crippen LogP contribution in [0.25, 0.3) is 5.70 Å². The van der Waals surface area contributed by atoms with Crippen LogP contribution in [0.15, 0.2) is 72.8 Å². The molecule has 0 saturated carbocycles. The molecule has 2 N–H and O–H groups in total. The number of hydrogen-bond acceptors (Lipinski definition) is 4. The molecule has 5 nitrogen and oxygen atoms in total. The molecule has 3 aromatic carbocycles. The minimum absolute atomic E-state index is 0.0597. The fourth-order valence-electron chi connectivity index (χ4n) is 3.96. The van der Waals surface area contributed by atoms with Crippen LogP contribution in [0.4, 0.5) is 10.1 Å². The number of fused-ring (bicyclic) bond motifs is 1. The van der Waals surface area contributed by atoms with Crippen molar-refractivity contribution in [1.82, 2.24) is 5.32 Å². The van der Waals surface area contributed by atoms with Crippen LogP contribution < -0.4 is 15.4 Å². The van der Waals surface area contributed by atoms with Crippen molar-refractivity contribution in [2.24, 2.45) is 0 Å². The van der Waals surface area contributed by atoms with E-state index in [2.05, 4.69) is 24.5 Å². The average molecular weight is 445 g/mol. The van der Waals surface area contributed by atoms with Gasteiger partial charge in [-0.3, -0.25) is 9.59 Å². The molecule has 0 aliphatic carbocycles. The molecule has 1 aliphatic rings. The lowest BCUT2D eigenvalue weighted by atomic mass is 9.85. The molecule has 6 heteroatoms. The molecule has 168 valence electrons. The Morgan fingerprint density at radius 3 is 2.61 bits per heavy atom. The molecule has 3 aromatic rings. The van der Waals surface area contributed by atoms with Crippen molar-refractivity contribution < 1.29 is 18.7 Å². The van der Waals surface area contributed by atoms with Crippen molar-refractivity contribution in [3.63, 3.8) is 0 Å². The van der Waals surface area contributed by atoms with Crippen LogP contribution in [0.5, 0.6) is 5.75 Å². The maximum Gasteiger partial charge on any atom is 0.258 e. The average Bonchev–Trinajstić information content (AvgIpc) is 2.78. The minimum Gasteiger partial charge on any atom is -0.497 e. The number of anilines is 1. The summed E-state index contributed by atoms with van der Waals surface area (Å²) in [6.07, 6.45) is 2.38. The van der Waals surface area contributed by atoms with Gasteiger partial charge in [0.05, 0.1) is 12.7 Å². The van der Waals surface area contributed by atoms with E-state index in [1.807, 2.05) is 18.2 Å². The number of hydrogen-bond donors (Lipinski definition) is 2. The van der Waals surface area contributed by atoms with E-state index in [1.54, 1.807) is 43.5 Å². The second-order valence-electron chi connectivity index (χ2n) is 8.65. The third-order valence-electron chi connectivity index (χ3n) is 5.51. The SMILES string of the molecule is COc1ccc2c(c1)/C(=C/C(=O)c1cccc(NC(=O)c3ccccc3F)c1)NC(C)(C)C2. The van der Waals surface area contributed by atoms with Gasteiger partial charge in [-0.15, -0.1) is 0 Å². The highest BCUT2D eigenvalue weighted by atomic mass is 19.1. The van der Waals surface area contributed by atoms with E-state index in [1.165, 1.54) is 18.2 Å². The van der Waals surface area contributed by atoms with Crippen LogP contribution in [0.2, 0.25) is 0 Å². The summed E-state index contributed by atoms with van der Waals surface area (Å²) in [5.74, 6) is -0.683. The molecule has 0 atom stereocenters. The maximum absolute atomic E-state index is 13.9. The summed E-state index contributed by atoms with van der Waals surface area (Å²) in [4.78, 5) is 25.6. The van der Waals surface area contributed by atoms with Crippen molar-refractivity contribution in [2.75, 3.05) is 12.4 Å². The fraction of sp³-hybridized carbons (Fsp3) is 0.185. The summed E-state index contributed by atoms with van der Waals surface area (Å²) in [7, 11) is 1.61. The van der Waals surface area contributed by atoms with Gasteiger partial charge in [0.2, 0.25) is 0 Å². The molecule has 0 spiro atoms. The van der Waals surface area contributed by atoms with E-state index in [9.17, 15) is 14.0 Å². The number of ketones is 1. The third-order valence-corrected chi connectivity index (χ3v) is 5.51. The third kappa shape index (κ3) is 4.95. The number of carbonyl (C=O) groups is 2. The van der Waals surface area contributed by atoms with Crippen molar-refractivity contribution in [3.05, 3.63) is 101 Å². The Hall–Kier alpha value is -3.93. The molecule has 0 radical (unpaired) electrons. The Bertz CT molecular complexity index is 1260. The van der Waals surface area contributed by atoms with Crippen LogP contribution >= 0.6 is 0 Å². The number of halogens is 1. The first-order valence-corrected chi connectivity index (χ1v) is 10.6. The normalized spacial score (nSPS) is 15.3. The second-order valence-corrected chi connectivity index (χ2v) is 8.65. The number of amides is 1. The van der Waals surface area contributed by atoms with Gasteiger partial charge in [0.25, 0.3) is 5.91 Å². The van der Waals surface area contributed by atoms with Gasteiger partial charge in [-0.1, -0.05) is 30.3 Å². The summed E-state index contributed by atoms with van der Waals surface area (Å²) in [6.45, 7) is 4.16. The number of ether oxygens (including phenoxy) is 1. The Balaban J connectivity index is 1.62. The Morgan fingerprint density at radius 1 is 1.06 bits per heavy atom. The zero-order valence-electron chi connectivity index (χ0n) is 18.7. The first kappa shape index (κ1) is 22.3. The Morgan fingerprint density at radius 2 is 1.85 bits per heavy atom. The van der Waals surface area contributed by atoms with Crippen molar-refractivity contribution >= 4 is 23.1 Å². The number of carbonyl (C=O) groups excluding carboxylic acids is 2. The summed E-state index contributed by atoms with van der Waals surface area (Å²) in [5.41, 5.74) is 3.30. The summed E-state index contributed by atoms with van der Waals surface area (Å²) in [5, 5.41) is 6.11. The Kier molecular flexibility index (Phi) is 6.01. The van der Waals surface area contributed by atoms with Crippen LogP contribution in [0.1, 0.15) is 45.7 Å². The maximum atomic E-state index is 13.9. The first-order valence-electron chi connectivity index (χ1n) is 10.6. The molecular weight excluding hydrogens is 419 g/mol. The van der Waals surface area contributed by atoms with Crippen LogP contribution in [-0.2, 0) is 6.42 Å². The van der Waals surface area contributed by atoms with Gasteiger partial charge in [0.15, 0.2) is 5.78 Å². The van der Waals surface area contributed by atoms with Crippen molar-refractivity contribution in [2.45, 2.75) is 25.8 Å². The van der Waals surface area contributed by atoms with Crippen LogP contribution in [-0.4, -0.2) is 24.3 Å². The van der Waals surface area contributed by atoms with Gasteiger partial charge >= 0.3 is 0 Å². The zero-order valence-corrected chi connectivity index (χ0v) is 18.7. The number of nitrogens with one attached hydrogen (secondary N) is 2. The lowest BCUT2D eigenvalue weighted by Gasteiger charge is -2.35. The summed E-state index contributed by atoms with van der Waals surface area (Å²) in [6, 6.07) is 18.2. The number of benzene rings is 3. The predicted molar refractivity (Wildman–Crippen MR) is 127 cm³/mol. The molecule has 0 unspecified atom stereocenters. The second kappa shape index (κ2) is 8.90. The number of rotatable bonds is 5. The fourth-order valence-corrected chi connectivity index (χ4v) is 3.96. The van der Waals surface area contributed by atoms with Gasteiger partial charge in [0, 0.05) is 34.1 Å². The van der Waals surface area contributed by atoms with E-state index in [0.29, 0.717) is 22.7 Å². The monoisotopic (exact) mass is 444 g/mol. The number of allylic oxidation sites excluding steroid dienone is 1. The molecule has 1 amide bonds. The highest BCUT2D eigenvalue weighted by Crippen LogP contribution is 2.32. The van der Waals surface area contributed by atoms with Gasteiger partial charge in [-0.25, -0.2) is 4.39 Å². The molecule has 1 aliphatic heterocycles. The first-order chi connectivity index (χ1) is 15.8. The quantitative estimate of drug-likeness (QED) is 0.418. The van der Waals surface area contributed by atoms with E-state index >= 15 is 0 Å². The molecule has 33 heavy (non-hydrogen) atoms. The lowest BCUT2D eigenvalue weighted by Crippen LogP contribution is -2.43. The van der Waals surface area contributed by atoms with E-state index in [-0.39, 0.29) is 16.9 Å². The standard InChI is InChI=1S/C27H25FN2O3/c1-27(2)16-18-11-12-20(33-3)14-22(18)24(30-27)15-25(31)17-7-6-8-19(13-17)29-26(32)21-9-4-5-10-23(21)28/h4-15,30H,16H2,1-3H3,(H,29,32)/b24-15-. The van der Waals surface area contributed by atoms with Gasteiger partial charge in [-0.2, -0.15) is 0 Å². The van der Waals surface area contributed by atoms with Gasteiger partial charge < -0.3 is 15.4 Å². The largest absolute Gasteiger partial charge is 0.497 e. The highest BCUT2D eigenvalue weighted by molar-refractivity contribution is 6.10. The molecule has 1 heterocycles. The number of methoxy groups -OCH3 is 1. The molecule has 0 bridgehead atoms. The Labute approximate surface area is 192 Å². The van der Waals surface area contributed by atoms with Crippen molar-refractivity contribution in [1.29, 1.82) is 0 Å². The van der Waals surface area contributed by atoms with E-state index in [0.717, 1.165) is 17.5 Å². The topological polar surface area (TPSA) is 67.4 Å². The zero-order chi connectivity index (χ0) is 23.6. The van der Waals surface area contributed by atoms with Gasteiger partial charge in [-0.05, 0) is 62.2 Å². The predicted octanol–water partition coefficient (Wildman–Crippen LogP) is 5.23. The van der Waals surface area contributed by atoms with Crippen LogP contribution in [0, 0.1) is 5.82 Å². The van der Waals surface area contributed by atoms with E-state index < -0.39 is 11.7 Å². The smallest absolute Gasteiger partial charge is 0.258 e. The summed E-state index contributed by atoms with van der Waals surface area (Å²) >= 11 is 0. The molecule has 4 rings (SSSR count). The summed E-state index contributed by atoms with van der Waals surface area (Å²) < 4.78 is 19.3. The minimum atomic E-state index is -0.605. The van der Waals surface area contributed by atoms with Gasteiger partial charge in [0.1, 0.15) is 11.6 Å². The molecule has 0 fully saturated rings. The van der Waals surface area contributed by atoms with Crippen molar-refractivity contribution in [3.8, 4) is 5.75 Å². The highest BCUT2D eigenvalue weighted by Gasteiger charge is 2.28. The molecular formula is C27H25FN2O3.